The smallest absolute Gasteiger partial charge is 0.330 e. The number of carbonyl (C=O) groups is 1. The summed E-state index contributed by atoms with van der Waals surface area (Å²) in [6, 6.07) is 0. The zero-order chi connectivity index (χ0) is 14.1. The third-order valence-corrected chi connectivity index (χ3v) is 3.21. The molecule has 0 radical (unpaired) electrons. The molecule has 1 saturated heterocycles. The molecule has 104 valence electrons. The van der Waals surface area contributed by atoms with Crippen molar-refractivity contribution in [2.45, 2.75) is 45.6 Å². The van der Waals surface area contributed by atoms with Gasteiger partial charge in [-0.15, -0.1) is 0 Å². The molecular formula is C13H21F2NO2. The second-order valence-corrected chi connectivity index (χ2v) is 6.03. The molecule has 1 N–H and O–H groups in total. The van der Waals surface area contributed by atoms with Gasteiger partial charge in [-0.05, 0) is 33.6 Å². The number of alkyl halides is 2. The molecule has 3 nitrogen and oxygen atoms in total. The Morgan fingerprint density at radius 3 is 2.44 bits per heavy atom. The largest absolute Gasteiger partial charge is 0.478 e. The Balaban J connectivity index is 2.88. The van der Waals surface area contributed by atoms with Crippen molar-refractivity contribution in [2.75, 3.05) is 13.1 Å². The molecule has 1 fully saturated rings. The highest BCUT2D eigenvalue weighted by molar-refractivity contribution is 5.85. The van der Waals surface area contributed by atoms with Crippen LogP contribution < -0.4 is 0 Å². The Morgan fingerprint density at radius 1 is 1.44 bits per heavy atom. The van der Waals surface area contributed by atoms with E-state index in [0.29, 0.717) is 6.54 Å². The lowest BCUT2D eigenvalue weighted by Crippen LogP contribution is -2.54. The highest BCUT2D eigenvalue weighted by Crippen LogP contribution is 2.34. The van der Waals surface area contributed by atoms with Gasteiger partial charge in [-0.3, -0.25) is 4.90 Å². The predicted octanol–water partition coefficient (Wildman–Crippen LogP) is 2.77. The van der Waals surface area contributed by atoms with Gasteiger partial charge >= 0.3 is 5.97 Å². The van der Waals surface area contributed by atoms with Crippen LogP contribution in [0.1, 0.15) is 34.1 Å². The Kier molecular flexibility index (Phi) is 4.15. The second kappa shape index (κ2) is 4.96. The fourth-order valence-corrected chi connectivity index (χ4v) is 2.19. The van der Waals surface area contributed by atoms with Crippen molar-refractivity contribution in [1.29, 1.82) is 0 Å². The van der Waals surface area contributed by atoms with Crippen LogP contribution in [-0.2, 0) is 4.79 Å². The molecular weight excluding hydrogens is 240 g/mol. The van der Waals surface area contributed by atoms with Gasteiger partial charge in [-0.25, -0.2) is 13.6 Å². The summed E-state index contributed by atoms with van der Waals surface area (Å²) in [5.41, 5.74) is -0.209. The first kappa shape index (κ1) is 15.1. The van der Waals surface area contributed by atoms with Crippen molar-refractivity contribution in [2.24, 2.45) is 5.92 Å². The second-order valence-electron chi connectivity index (χ2n) is 6.03. The summed E-state index contributed by atoms with van der Waals surface area (Å²) in [6.45, 7) is 7.32. The topological polar surface area (TPSA) is 40.5 Å². The molecule has 1 atom stereocenters. The molecule has 0 spiro atoms. The van der Waals surface area contributed by atoms with Crippen LogP contribution in [0, 0.1) is 5.92 Å². The van der Waals surface area contributed by atoms with Gasteiger partial charge in [0.2, 0.25) is 0 Å². The minimum absolute atomic E-state index is 0.131. The average Bonchev–Trinajstić information content (AvgIpc) is 2.13. The Bertz CT molecular complexity index is 358. The van der Waals surface area contributed by atoms with E-state index in [2.05, 4.69) is 0 Å². The van der Waals surface area contributed by atoms with E-state index in [1.54, 1.807) is 4.90 Å². The van der Waals surface area contributed by atoms with Gasteiger partial charge in [0, 0.05) is 24.1 Å². The van der Waals surface area contributed by atoms with Gasteiger partial charge in [0.05, 0.1) is 6.54 Å². The summed E-state index contributed by atoms with van der Waals surface area (Å²) in [4.78, 5) is 12.5. The van der Waals surface area contributed by atoms with Crippen molar-refractivity contribution in [3.8, 4) is 0 Å². The number of hydrogen-bond donors (Lipinski definition) is 1. The molecule has 0 bridgehead atoms. The normalized spacial score (nSPS) is 26.1. The molecule has 0 aromatic carbocycles. The fraction of sp³-hybridized carbons (Fsp3) is 0.769. The lowest BCUT2D eigenvalue weighted by molar-refractivity contribution is -0.132. The summed E-state index contributed by atoms with van der Waals surface area (Å²) < 4.78 is 27.3. The number of aliphatic carboxylic acids is 1. The first-order valence-electron chi connectivity index (χ1n) is 6.06. The molecule has 18 heavy (non-hydrogen) atoms. The van der Waals surface area contributed by atoms with Crippen molar-refractivity contribution in [3.05, 3.63) is 11.6 Å². The molecule has 5 heteroatoms. The van der Waals surface area contributed by atoms with Crippen LogP contribution >= 0.6 is 0 Å². The third kappa shape index (κ3) is 4.05. The Labute approximate surface area is 106 Å². The van der Waals surface area contributed by atoms with Gasteiger partial charge in [0.25, 0.3) is 5.92 Å². The van der Waals surface area contributed by atoms with Crippen molar-refractivity contribution in [3.63, 3.8) is 0 Å². The van der Waals surface area contributed by atoms with E-state index < -0.39 is 17.8 Å². The zero-order valence-electron chi connectivity index (χ0n) is 11.3. The van der Waals surface area contributed by atoms with Crippen LogP contribution in [0.4, 0.5) is 8.78 Å². The summed E-state index contributed by atoms with van der Waals surface area (Å²) >= 11 is 0. The van der Waals surface area contributed by atoms with Crippen molar-refractivity contribution >= 4 is 5.97 Å². The number of piperidine rings is 1. The van der Waals surface area contributed by atoms with Crippen LogP contribution in [0.15, 0.2) is 11.6 Å². The van der Waals surface area contributed by atoms with Gasteiger partial charge in [-0.1, -0.05) is 6.08 Å². The number of hydrogen-bond acceptors (Lipinski definition) is 2. The van der Waals surface area contributed by atoms with Crippen molar-refractivity contribution in [1.82, 2.24) is 4.90 Å². The Hall–Kier alpha value is -0.970. The minimum atomic E-state index is -2.76. The molecule has 0 aliphatic carbocycles. The molecule has 0 aromatic heterocycles. The van der Waals surface area contributed by atoms with E-state index >= 15 is 0 Å². The molecule has 0 saturated carbocycles. The van der Waals surface area contributed by atoms with Gasteiger partial charge in [0.1, 0.15) is 0 Å². The Morgan fingerprint density at radius 2 is 2.00 bits per heavy atom. The predicted molar refractivity (Wildman–Crippen MR) is 65.8 cm³/mol. The zero-order valence-corrected chi connectivity index (χ0v) is 11.3. The van der Waals surface area contributed by atoms with Crippen molar-refractivity contribution < 1.29 is 18.7 Å². The lowest BCUT2D eigenvalue weighted by atomic mass is 9.90. The maximum Gasteiger partial charge on any atom is 0.330 e. The van der Waals surface area contributed by atoms with Crippen LogP contribution in [0.3, 0.4) is 0 Å². The number of likely N-dealkylation sites (tertiary alicyclic amines) is 1. The van der Waals surface area contributed by atoms with E-state index in [0.717, 1.165) is 0 Å². The maximum atomic E-state index is 13.7. The number of nitrogens with zero attached hydrogens (tertiary/aromatic N) is 1. The third-order valence-electron chi connectivity index (χ3n) is 3.21. The van der Waals surface area contributed by atoms with Gasteiger partial charge in [-0.2, -0.15) is 0 Å². The minimum Gasteiger partial charge on any atom is -0.478 e. The maximum absolute atomic E-state index is 13.7. The van der Waals surface area contributed by atoms with Crippen LogP contribution in [-0.4, -0.2) is 40.5 Å². The fourth-order valence-electron chi connectivity index (χ4n) is 2.19. The summed E-state index contributed by atoms with van der Waals surface area (Å²) in [7, 11) is 0. The monoisotopic (exact) mass is 261 g/mol. The lowest BCUT2D eigenvalue weighted by Gasteiger charge is -2.44. The molecule has 1 aliphatic heterocycles. The summed E-state index contributed by atoms with van der Waals surface area (Å²) in [5, 5.41) is 8.80. The van der Waals surface area contributed by atoms with E-state index in [1.165, 1.54) is 13.0 Å². The standard InChI is InChI=1S/C13H21F2NO2/c1-9(11(17)18)5-10-6-13(14,15)8-16(7-10)12(2,3)4/h5,10H,6-8H2,1-4H3,(H,17,18)/b9-5+. The summed E-state index contributed by atoms with van der Waals surface area (Å²) in [5.74, 6) is -4.22. The number of carboxylic acid groups (broad SMARTS) is 1. The van der Waals surface area contributed by atoms with E-state index in [-0.39, 0.29) is 24.1 Å². The van der Waals surface area contributed by atoms with Crippen LogP contribution in [0.25, 0.3) is 0 Å². The highest BCUT2D eigenvalue weighted by Gasteiger charge is 2.42. The van der Waals surface area contributed by atoms with Crippen LogP contribution in [0.2, 0.25) is 0 Å². The first-order valence-corrected chi connectivity index (χ1v) is 6.06. The molecule has 1 heterocycles. The number of rotatable bonds is 2. The molecule has 1 aliphatic rings. The molecule has 0 amide bonds. The number of halogens is 2. The molecule has 0 aromatic rings. The number of carboxylic acids is 1. The molecule has 1 rings (SSSR count). The quantitative estimate of drug-likeness (QED) is 0.777. The van der Waals surface area contributed by atoms with Crippen LogP contribution in [0.5, 0.6) is 0 Å². The van der Waals surface area contributed by atoms with E-state index in [4.69, 9.17) is 5.11 Å². The summed E-state index contributed by atoms with van der Waals surface area (Å²) in [6.07, 6.45) is 1.18. The molecule has 1 unspecified atom stereocenters. The van der Waals surface area contributed by atoms with Gasteiger partial charge < -0.3 is 5.11 Å². The average molecular weight is 261 g/mol. The van der Waals surface area contributed by atoms with E-state index in [9.17, 15) is 13.6 Å². The highest BCUT2D eigenvalue weighted by atomic mass is 19.3. The van der Waals surface area contributed by atoms with E-state index in [1.807, 2.05) is 20.8 Å². The first-order chi connectivity index (χ1) is 8.01. The van der Waals surface area contributed by atoms with Gasteiger partial charge in [0.15, 0.2) is 0 Å². The SMILES string of the molecule is C/C(=C\C1CN(C(C)(C)C)CC(F)(F)C1)C(=O)O.